The van der Waals surface area contributed by atoms with Crippen molar-refractivity contribution in [3.8, 4) is 0 Å². The van der Waals surface area contributed by atoms with E-state index in [1.54, 1.807) is 6.20 Å². The van der Waals surface area contributed by atoms with Crippen LogP contribution >= 0.6 is 0 Å². The summed E-state index contributed by atoms with van der Waals surface area (Å²) in [4.78, 5) is 4.20. The lowest BCUT2D eigenvalue weighted by atomic mass is 9.99. The van der Waals surface area contributed by atoms with Crippen LogP contribution < -0.4 is 0 Å². The average Bonchev–Trinajstić information content (AvgIpc) is 2.64. The smallest absolute Gasteiger partial charge is 0.137 e. The van der Waals surface area contributed by atoms with Gasteiger partial charge in [0.15, 0.2) is 0 Å². The Hall–Kier alpha value is -0.830. The summed E-state index contributed by atoms with van der Waals surface area (Å²) in [5.41, 5.74) is 0. The van der Waals surface area contributed by atoms with Crippen molar-refractivity contribution < 1.29 is 5.11 Å². The van der Waals surface area contributed by atoms with Crippen molar-refractivity contribution in [1.29, 1.82) is 0 Å². The highest BCUT2D eigenvalue weighted by atomic mass is 16.3. The Bertz CT molecular complexity index is 270. The second kappa shape index (κ2) is 5.15. The molecule has 1 N–H and O–H groups in total. The summed E-state index contributed by atoms with van der Waals surface area (Å²) in [5, 5.41) is 10.0. The zero-order valence-corrected chi connectivity index (χ0v) is 9.27. The molecule has 0 bridgehead atoms. The number of aliphatic hydroxyl groups excluding tert-OH is 1. The van der Waals surface area contributed by atoms with E-state index < -0.39 is 6.10 Å². The van der Waals surface area contributed by atoms with Gasteiger partial charge in [-0.25, -0.2) is 4.98 Å². The van der Waals surface area contributed by atoms with Crippen molar-refractivity contribution in [2.75, 3.05) is 0 Å². The molecule has 0 fully saturated rings. The van der Waals surface area contributed by atoms with Gasteiger partial charge >= 0.3 is 0 Å². The van der Waals surface area contributed by atoms with Gasteiger partial charge in [-0.1, -0.05) is 20.3 Å². The minimum atomic E-state index is -0.426. The van der Waals surface area contributed by atoms with Gasteiger partial charge in [-0.2, -0.15) is 0 Å². The number of nitrogens with zero attached hydrogens (tertiary/aromatic N) is 2. The van der Waals surface area contributed by atoms with E-state index in [2.05, 4.69) is 25.8 Å². The van der Waals surface area contributed by atoms with Crippen molar-refractivity contribution in [2.24, 2.45) is 5.92 Å². The van der Waals surface area contributed by atoms with Crippen LogP contribution in [0.3, 0.4) is 0 Å². The van der Waals surface area contributed by atoms with Gasteiger partial charge in [0.1, 0.15) is 11.9 Å². The lowest BCUT2D eigenvalue weighted by molar-refractivity contribution is 0.0998. The fourth-order valence-electron chi connectivity index (χ4n) is 1.72. The zero-order valence-electron chi connectivity index (χ0n) is 9.27. The minimum Gasteiger partial charge on any atom is -0.385 e. The first-order chi connectivity index (χ1) is 6.70. The molecule has 0 radical (unpaired) electrons. The van der Waals surface area contributed by atoms with Gasteiger partial charge in [0, 0.05) is 18.9 Å². The molecule has 1 heterocycles. The van der Waals surface area contributed by atoms with Gasteiger partial charge in [-0.15, -0.1) is 0 Å². The SMILES string of the molecule is CCCC(C)C(O)c1nccn1CC. The second-order valence-corrected chi connectivity index (χ2v) is 3.78. The molecular formula is C11H20N2O. The molecule has 14 heavy (non-hydrogen) atoms. The van der Waals surface area contributed by atoms with Crippen molar-refractivity contribution in [1.82, 2.24) is 9.55 Å². The monoisotopic (exact) mass is 196 g/mol. The molecule has 80 valence electrons. The van der Waals surface area contributed by atoms with E-state index in [1.807, 2.05) is 10.8 Å². The van der Waals surface area contributed by atoms with Crippen molar-refractivity contribution >= 4 is 0 Å². The topological polar surface area (TPSA) is 38.1 Å². The molecule has 2 atom stereocenters. The largest absolute Gasteiger partial charge is 0.385 e. The Morgan fingerprint density at radius 2 is 2.21 bits per heavy atom. The summed E-state index contributed by atoms with van der Waals surface area (Å²) in [6.45, 7) is 7.13. The van der Waals surface area contributed by atoms with Crippen LogP contribution in [0.4, 0.5) is 0 Å². The first kappa shape index (κ1) is 11.2. The van der Waals surface area contributed by atoms with Gasteiger partial charge in [0.05, 0.1) is 0 Å². The first-order valence-corrected chi connectivity index (χ1v) is 5.39. The number of aliphatic hydroxyl groups is 1. The molecule has 0 aliphatic heterocycles. The molecule has 3 nitrogen and oxygen atoms in total. The fourth-order valence-corrected chi connectivity index (χ4v) is 1.72. The van der Waals surface area contributed by atoms with Gasteiger partial charge in [0.25, 0.3) is 0 Å². The van der Waals surface area contributed by atoms with Crippen LogP contribution in [0.5, 0.6) is 0 Å². The maximum absolute atomic E-state index is 10.0. The van der Waals surface area contributed by atoms with Crippen LogP contribution in [-0.2, 0) is 6.54 Å². The number of aryl methyl sites for hydroxylation is 1. The number of rotatable bonds is 5. The van der Waals surface area contributed by atoms with E-state index in [9.17, 15) is 5.11 Å². The molecule has 3 heteroatoms. The molecule has 2 unspecified atom stereocenters. The Kier molecular flexibility index (Phi) is 4.14. The predicted octanol–water partition coefficient (Wildman–Crippen LogP) is 2.37. The quantitative estimate of drug-likeness (QED) is 0.785. The molecule has 0 spiro atoms. The highest BCUT2D eigenvalue weighted by molar-refractivity contribution is 4.97. The van der Waals surface area contributed by atoms with Crippen molar-refractivity contribution in [3.05, 3.63) is 18.2 Å². The van der Waals surface area contributed by atoms with Gasteiger partial charge in [-0.3, -0.25) is 0 Å². The highest BCUT2D eigenvalue weighted by Crippen LogP contribution is 2.23. The van der Waals surface area contributed by atoms with E-state index in [0.717, 1.165) is 25.2 Å². The van der Waals surface area contributed by atoms with E-state index in [0.29, 0.717) is 0 Å². The fraction of sp³-hybridized carbons (Fsp3) is 0.727. The highest BCUT2D eigenvalue weighted by Gasteiger charge is 2.19. The third-order valence-corrected chi connectivity index (χ3v) is 2.64. The van der Waals surface area contributed by atoms with Gasteiger partial charge < -0.3 is 9.67 Å². The molecule has 0 saturated heterocycles. The van der Waals surface area contributed by atoms with Crippen molar-refractivity contribution in [2.45, 2.75) is 46.3 Å². The summed E-state index contributed by atoms with van der Waals surface area (Å²) in [6, 6.07) is 0. The lowest BCUT2D eigenvalue weighted by Crippen LogP contribution is -2.14. The predicted molar refractivity (Wildman–Crippen MR) is 56.9 cm³/mol. The Balaban J connectivity index is 2.72. The van der Waals surface area contributed by atoms with Crippen LogP contribution in [0.15, 0.2) is 12.4 Å². The van der Waals surface area contributed by atoms with E-state index in [1.165, 1.54) is 0 Å². The molecule has 0 amide bonds. The molecule has 0 saturated carbocycles. The summed E-state index contributed by atoms with van der Waals surface area (Å²) < 4.78 is 2.00. The Morgan fingerprint density at radius 3 is 2.79 bits per heavy atom. The molecule has 1 aromatic heterocycles. The van der Waals surface area contributed by atoms with Gasteiger partial charge in [-0.05, 0) is 19.3 Å². The molecule has 0 aliphatic rings. The molecule has 0 aliphatic carbocycles. The Labute approximate surface area is 85.8 Å². The van der Waals surface area contributed by atoms with Gasteiger partial charge in [0.2, 0.25) is 0 Å². The lowest BCUT2D eigenvalue weighted by Gasteiger charge is -2.18. The summed E-state index contributed by atoms with van der Waals surface area (Å²) in [6.07, 6.45) is 5.38. The standard InChI is InChI=1S/C11H20N2O/c1-4-6-9(3)10(14)11-12-7-8-13(11)5-2/h7-10,14H,4-6H2,1-3H3. The third-order valence-electron chi connectivity index (χ3n) is 2.64. The summed E-state index contributed by atoms with van der Waals surface area (Å²) in [5.74, 6) is 1.08. The Morgan fingerprint density at radius 1 is 1.50 bits per heavy atom. The summed E-state index contributed by atoms with van der Waals surface area (Å²) >= 11 is 0. The third kappa shape index (κ3) is 2.35. The van der Waals surface area contributed by atoms with Crippen LogP contribution in [-0.4, -0.2) is 14.7 Å². The second-order valence-electron chi connectivity index (χ2n) is 3.78. The number of hydrogen-bond acceptors (Lipinski definition) is 2. The number of imidazole rings is 1. The maximum atomic E-state index is 10.0. The maximum Gasteiger partial charge on any atom is 0.137 e. The molecule has 1 aromatic rings. The minimum absolute atomic E-state index is 0.285. The van der Waals surface area contributed by atoms with Crippen LogP contribution in [0.25, 0.3) is 0 Å². The molecule has 1 rings (SSSR count). The summed E-state index contributed by atoms with van der Waals surface area (Å²) in [7, 11) is 0. The van der Waals surface area contributed by atoms with Crippen LogP contribution in [0.1, 0.15) is 45.5 Å². The van der Waals surface area contributed by atoms with Crippen LogP contribution in [0, 0.1) is 5.92 Å². The average molecular weight is 196 g/mol. The normalized spacial score (nSPS) is 15.4. The van der Waals surface area contributed by atoms with Crippen LogP contribution in [0.2, 0.25) is 0 Å². The number of hydrogen-bond donors (Lipinski definition) is 1. The zero-order chi connectivity index (χ0) is 10.6. The molecular weight excluding hydrogens is 176 g/mol. The molecule has 0 aromatic carbocycles. The van der Waals surface area contributed by atoms with E-state index in [4.69, 9.17) is 0 Å². The first-order valence-electron chi connectivity index (χ1n) is 5.39. The van der Waals surface area contributed by atoms with E-state index >= 15 is 0 Å². The van der Waals surface area contributed by atoms with Crippen molar-refractivity contribution in [3.63, 3.8) is 0 Å². The number of aromatic nitrogens is 2. The van der Waals surface area contributed by atoms with E-state index in [-0.39, 0.29) is 5.92 Å².